The zero-order chi connectivity index (χ0) is 22.4. The molecule has 0 bridgehead atoms. The van der Waals surface area contributed by atoms with E-state index in [0.717, 1.165) is 9.87 Å². The Kier molecular flexibility index (Phi) is 7.79. The molecule has 3 aromatic rings. The van der Waals surface area contributed by atoms with Crippen molar-refractivity contribution in [1.82, 2.24) is 5.32 Å². The lowest BCUT2D eigenvalue weighted by Gasteiger charge is -2.17. The summed E-state index contributed by atoms with van der Waals surface area (Å²) in [5.74, 6) is -1.16. The Labute approximate surface area is 194 Å². The van der Waals surface area contributed by atoms with Crippen LogP contribution in [0.5, 0.6) is 0 Å². The lowest BCUT2D eigenvalue weighted by Crippen LogP contribution is -2.35. The Hall–Kier alpha value is -2.74. The average molecular weight is 478 g/mol. The van der Waals surface area contributed by atoms with Gasteiger partial charge in [-0.05, 0) is 60.5 Å². The zero-order valence-corrected chi connectivity index (χ0v) is 18.5. The van der Waals surface area contributed by atoms with Gasteiger partial charge in [0.05, 0.1) is 21.3 Å². The fourth-order valence-corrected chi connectivity index (χ4v) is 3.26. The molecule has 3 aromatic carbocycles. The summed E-state index contributed by atoms with van der Waals surface area (Å²) in [6.07, 6.45) is 0.575. The maximum Gasteiger partial charge on any atom is 0.331 e. The topological polar surface area (TPSA) is 61.4 Å². The molecule has 0 heterocycles. The molecule has 160 valence electrons. The van der Waals surface area contributed by atoms with Crippen molar-refractivity contribution in [2.24, 2.45) is 0 Å². The van der Waals surface area contributed by atoms with Gasteiger partial charge in [0.1, 0.15) is 5.82 Å². The summed E-state index contributed by atoms with van der Waals surface area (Å²) in [5.41, 5.74) is 1.84. The number of urea groups is 1. The Balaban J connectivity index is 1.53. The van der Waals surface area contributed by atoms with E-state index in [1.165, 1.54) is 18.2 Å². The number of carbonyl (C=O) groups is 2. The standard InChI is InChI=1S/C22H18Cl2FN3O2S/c23-18-10-5-14(13-19(18)24)11-12-26-22(30)28(31)16-8-6-15(7-9-16)27-21(29)17-3-1-2-4-20(17)25/h1-10,13,31H,11-12H2,(H,26,30)(H,27,29). The molecule has 0 saturated carbocycles. The quantitative estimate of drug-likeness (QED) is 0.382. The number of nitrogens with zero attached hydrogens (tertiary/aromatic N) is 1. The number of hydrogen-bond donors (Lipinski definition) is 3. The van der Waals surface area contributed by atoms with Crippen LogP contribution >= 0.6 is 36.0 Å². The second-order valence-corrected chi connectivity index (χ2v) is 7.74. The lowest BCUT2D eigenvalue weighted by atomic mass is 10.1. The molecule has 9 heteroatoms. The maximum atomic E-state index is 13.7. The van der Waals surface area contributed by atoms with E-state index in [4.69, 9.17) is 23.2 Å². The average Bonchev–Trinajstić information content (AvgIpc) is 2.76. The summed E-state index contributed by atoms with van der Waals surface area (Å²) in [6.45, 7) is 0.380. The van der Waals surface area contributed by atoms with E-state index in [2.05, 4.69) is 23.4 Å². The van der Waals surface area contributed by atoms with Crippen LogP contribution in [-0.4, -0.2) is 18.5 Å². The minimum atomic E-state index is -0.601. The van der Waals surface area contributed by atoms with Crippen LogP contribution in [0.4, 0.5) is 20.6 Å². The molecule has 0 aliphatic carbocycles. The Morgan fingerprint density at radius 2 is 1.68 bits per heavy atom. The number of nitrogens with one attached hydrogen (secondary N) is 2. The van der Waals surface area contributed by atoms with Crippen molar-refractivity contribution in [2.75, 3.05) is 16.2 Å². The van der Waals surface area contributed by atoms with E-state index in [9.17, 15) is 14.0 Å². The van der Waals surface area contributed by atoms with Crippen molar-refractivity contribution in [1.29, 1.82) is 0 Å². The molecule has 0 radical (unpaired) electrons. The molecule has 31 heavy (non-hydrogen) atoms. The summed E-state index contributed by atoms with van der Waals surface area (Å²) in [4.78, 5) is 24.5. The van der Waals surface area contributed by atoms with Crippen LogP contribution in [0.25, 0.3) is 0 Å². The third kappa shape index (κ3) is 6.13. The van der Waals surface area contributed by atoms with Crippen molar-refractivity contribution in [3.8, 4) is 0 Å². The van der Waals surface area contributed by atoms with Crippen molar-refractivity contribution >= 4 is 59.3 Å². The molecule has 0 atom stereocenters. The number of amides is 3. The second kappa shape index (κ2) is 10.5. The predicted molar refractivity (Wildman–Crippen MR) is 126 cm³/mol. The van der Waals surface area contributed by atoms with E-state index >= 15 is 0 Å². The number of thiol groups is 1. The van der Waals surface area contributed by atoms with Crippen molar-refractivity contribution in [2.45, 2.75) is 6.42 Å². The summed E-state index contributed by atoms with van der Waals surface area (Å²) in [6, 6.07) is 17.0. The van der Waals surface area contributed by atoms with Crippen LogP contribution < -0.4 is 14.9 Å². The highest BCUT2D eigenvalue weighted by Gasteiger charge is 2.14. The van der Waals surface area contributed by atoms with Crippen LogP contribution in [0.15, 0.2) is 66.7 Å². The second-order valence-electron chi connectivity index (χ2n) is 6.52. The largest absolute Gasteiger partial charge is 0.337 e. The van der Waals surface area contributed by atoms with Crippen LogP contribution in [0, 0.1) is 5.82 Å². The first-order chi connectivity index (χ1) is 14.8. The third-order valence-corrected chi connectivity index (χ3v) is 5.51. The van der Waals surface area contributed by atoms with E-state index in [0.29, 0.717) is 34.4 Å². The smallest absolute Gasteiger partial charge is 0.331 e. The molecule has 0 saturated heterocycles. The highest BCUT2D eigenvalue weighted by Crippen LogP contribution is 2.23. The van der Waals surface area contributed by atoms with Gasteiger partial charge in [-0.1, -0.05) is 54.2 Å². The van der Waals surface area contributed by atoms with Gasteiger partial charge in [-0.2, -0.15) is 0 Å². The number of anilines is 2. The van der Waals surface area contributed by atoms with Crippen molar-refractivity contribution in [3.63, 3.8) is 0 Å². The van der Waals surface area contributed by atoms with Gasteiger partial charge in [-0.3, -0.25) is 4.79 Å². The first kappa shape index (κ1) is 22.9. The molecule has 0 unspecified atom stereocenters. The van der Waals surface area contributed by atoms with E-state index in [-0.39, 0.29) is 5.56 Å². The van der Waals surface area contributed by atoms with Gasteiger partial charge in [0, 0.05) is 12.2 Å². The molecule has 0 aliphatic heterocycles. The molecule has 5 nitrogen and oxygen atoms in total. The minimum Gasteiger partial charge on any atom is -0.337 e. The Morgan fingerprint density at radius 1 is 0.968 bits per heavy atom. The predicted octanol–water partition coefficient (Wildman–Crippen LogP) is 5.99. The molecule has 2 N–H and O–H groups in total. The minimum absolute atomic E-state index is 0.0521. The van der Waals surface area contributed by atoms with Gasteiger partial charge in [0.2, 0.25) is 0 Å². The SMILES string of the molecule is O=C(Nc1ccc(N(S)C(=O)NCCc2ccc(Cl)c(Cl)c2)cc1)c1ccccc1F. The summed E-state index contributed by atoms with van der Waals surface area (Å²) < 4.78 is 14.9. The van der Waals surface area contributed by atoms with Crippen molar-refractivity contribution < 1.29 is 14.0 Å². The van der Waals surface area contributed by atoms with E-state index in [1.54, 1.807) is 42.5 Å². The zero-order valence-electron chi connectivity index (χ0n) is 16.1. The molecule has 0 fully saturated rings. The maximum absolute atomic E-state index is 13.7. The van der Waals surface area contributed by atoms with Gasteiger partial charge >= 0.3 is 6.03 Å². The Bertz CT molecular complexity index is 1100. The molecular weight excluding hydrogens is 460 g/mol. The lowest BCUT2D eigenvalue weighted by molar-refractivity contribution is 0.102. The van der Waals surface area contributed by atoms with Gasteiger partial charge in [-0.25, -0.2) is 13.5 Å². The van der Waals surface area contributed by atoms with Gasteiger partial charge < -0.3 is 10.6 Å². The first-order valence-electron chi connectivity index (χ1n) is 9.22. The monoisotopic (exact) mass is 477 g/mol. The summed E-state index contributed by atoms with van der Waals surface area (Å²) in [7, 11) is 0. The van der Waals surface area contributed by atoms with E-state index < -0.39 is 17.8 Å². The van der Waals surface area contributed by atoms with Crippen LogP contribution in [0.3, 0.4) is 0 Å². The molecule has 3 rings (SSSR count). The van der Waals surface area contributed by atoms with Gasteiger partial charge in [0.15, 0.2) is 0 Å². The highest BCUT2D eigenvalue weighted by atomic mass is 35.5. The fraction of sp³-hybridized carbons (Fsp3) is 0.0909. The number of halogens is 3. The molecule has 0 aromatic heterocycles. The highest BCUT2D eigenvalue weighted by molar-refractivity contribution is 7.82. The molecule has 3 amide bonds. The van der Waals surface area contributed by atoms with Crippen LogP contribution in [0.2, 0.25) is 10.0 Å². The molecule has 0 spiro atoms. The molecular formula is C22H18Cl2FN3O2S. The fourth-order valence-electron chi connectivity index (χ4n) is 2.73. The number of carbonyl (C=O) groups excluding carboxylic acids is 2. The molecule has 0 aliphatic rings. The van der Waals surface area contributed by atoms with Crippen molar-refractivity contribution in [3.05, 3.63) is 93.7 Å². The third-order valence-electron chi connectivity index (χ3n) is 4.35. The van der Waals surface area contributed by atoms with Crippen LogP contribution in [-0.2, 0) is 6.42 Å². The first-order valence-corrected chi connectivity index (χ1v) is 10.4. The summed E-state index contributed by atoms with van der Waals surface area (Å²) in [5, 5.41) is 6.31. The van der Waals surface area contributed by atoms with Crippen LogP contribution in [0.1, 0.15) is 15.9 Å². The van der Waals surface area contributed by atoms with E-state index in [1.807, 2.05) is 6.07 Å². The normalized spacial score (nSPS) is 10.5. The summed E-state index contributed by atoms with van der Waals surface area (Å²) >= 11 is 16.1. The van der Waals surface area contributed by atoms with Gasteiger partial charge in [0.25, 0.3) is 5.91 Å². The number of rotatable bonds is 6. The number of benzene rings is 3. The Morgan fingerprint density at radius 3 is 2.35 bits per heavy atom. The number of hydrogen-bond acceptors (Lipinski definition) is 3. The van der Waals surface area contributed by atoms with Gasteiger partial charge in [-0.15, -0.1) is 0 Å².